The van der Waals surface area contributed by atoms with E-state index in [2.05, 4.69) is 30.6 Å². The maximum atomic E-state index is 12.0. The molecule has 0 amide bonds. The van der Waals surface area contributed by atoms with Gasteiger partial charge in [-0.2, -0.15) is 10.2 Å². The monoisotopic (exact) mass is 379 g/mol. The van der Waals surface area contributed by atoms with Crippen LogP contribution in [0.3, 0.4) is 0 Å². The summed E-state index contributed by atoms with van der Waals surface area (Å²) in [5.74, 6) is 0.542. The molecule has 0 bridgehead atoms. The van der Waals surface area contributed by atoms with Crippen LogP contribution < -0.4 is 11.0 Å². The van der Waals surface area contributed by atoms with Crippen molar-refractivity contribution < 1.29 is 9.53 Å². The second-order valence-electron chi connectivity index (χ2n) is 6.24. The number of nitrogens with one attached hydrogen (secondary N) is 3. The quantitative estimate of drug-likeness (QED) is 0.462. The zero-order chi connectivity index (χ0) is 19.8. The van der Waals surface area contributed by atoms with Crippen LogP contribution in [0.25, 0.3) is 16.9 Å². The first-order chi connectivity index (χ1) is 13.5. The van der Waals surface area contributed by atoms with Crippen LogP contribution in [0, 0.1) is 13.8 Å². The number of anilines is 2. The Hall–Kier alpha value is -3.95. The van der Waals surface area contributed by atoms with Crippen molar-refractivity contribution in [2.75, 3.05) is 12.4 Å². The first kappa shape index (κ1) is 17.5. The lowest BCUT2D eigenvalue weighted by Crippen LogP contribution is -2.02. The summed E-state index contributed by atoms with van der Waals surface area (Å²) in [6, 6.07) is 5.63. The number of carbonyl (C=O) groups is 1. The summed E-state index contributed by atoms with van der Waals surface area (Å²) < 4.78 is 6.42. The third kappa shape index (κ3) is 2.90. The van der Waals surface area contributed by atoms with E-state index in [9.17, 15) is 9.59 Å². The van der Waals surface area contributed by atoms with Gasteiger partial charge in [-0.1, -0.05) is 12.1 Å². The summed E-state index contributed by atoms with van der Waals surface area (Å²) >= 11 is 0. The Morgan fingerprint density at radius 3 is 2.82 bits per heavy atom. The average molecular weight is 379 g/mol. The Labute approximate surface area is 158 Å². The number of esters is 1. The number of fused-ring (bicyclic) bond motifs is 1. The molecule has 3 aromatic heterocycles. The summed E-state index contributed by atoms with van der Waals surface area (Å²) in [5, 5.41) is 13.8. The molecule has 0 fully saturated rings. The number of ether oxygens (including phenoxy) is 1. The number of H-pyrrole nitrogens is 2. The van der Waals surface area contributed by atoms with E-state index in [4.69, 9.17) is 4.74 Å². The largest absolute Gasteiger partial charge is 0.465 e. The molecule has 3 heterocycles. The van der Waals surface area contributed by atoms with Crippen LogP contribution in [0.5, 0.6) is 0 Å². The Bertz CT molecular complexity index is 1250. The number of aromatic amines is 2. The molecule has 10 heteroatoms. The van der Waals surface area contributed by atoms with Crippen LogP contribution in [0.15, 0.2) is 35.5 Å². The van der Waals surface area contributed by atoms with E-state index < -0.39 is 5.97 Å². The summed E-state index contributed by atoms with van der Waals surface area (Å²) in [6.45, 7) is 3.76. The van der Waals surface area contributed by atoms with Crippen LogP contribution in [0.1, 0.15) is 21.5 Å². The van der Waals surface area contributed by atoms with Gasteiger partial charge in [0.05, 0.1) is 12.7 Å². The molecule has 0 radical (unpaired) electrons. The molecule has 0 aliphatic rings. The predicted octanol–water partition coefficient (Wildman–Crippen LogP) is 1.95. The molecule has 10 nitrogen and oxygen atoms in total. The SMILES string of the molecule is COC(=O)c1cn2ncnc(Nc3cc(-c4n[nH]c(=O)[nH]4)ccc3C)c2c1C. The molecule has 0 aliphatic heterocycles. The van der Waals surface area contributed by atoms with E-state index in [1.165, 1.54) is 13.4 Å². The van der Waals surface area contributed by atoms with Crippen LogP contribution in [0.2, 0.25) is 0 Å². The Morgan fingerprint density at radius 2 is 2.11 bits per heavy atom. The third-order valence-electron chi connectivity index (χ3n) is 4.50. The van der Waals surface area contributed by atoms with E-state index in [1.54, 1.807) is 10.7 Å². The molecule has 0 saturated heterocycles. The Balaban J connectivity index is 1.79. The van der Waals surface area contributed by atoms with Gasteiger partial charge in [-0.25, -0.2) is 24.2 Å². The van der Waals surface area contributed by atoms with E-state index in [0.29, 0.717) is 28.3 Å². The van der Waals surface area contributed by atoms with Crippen LogP contribution >= 0.6 is 0 Å². The first-order valence-corrected chi connectivity index (χ1v) is 8.42. The summed E-state index contributed by atoms with van der Waals surface area (Å²) in [5.41, 5.74) is 3.91. The normalized spacial score (nSPS) is 11.0. The van der Waals surface area contributed by atoms with Crippen molar-refractivity contribution in [2.24, 2.45) is 0 Å². The zero-order valence-corrected chi connectivity index (χ0v) is 15.4. The molecule has 0 saturated carbocycles. The van der Waals surface area contributed by atoms with Gasteiger partial charge < -0.3 is 10.1 Å². The van der Waals surface area contributed by atoms with Gasteiger partial charge in [0.1, 0.15) is 11.8 Å². The number of hydrogen-bond acceptors (Lipinski definition) is 7. The molecule has 4 rings (SSSR count). The van der Waals surface area contributed by atoms with E-state index in [-0.39, 0.29) is 5.69 Å². The third-order valence-corrected chi connectivity index (χ3v) is 4.50. The fraction of sp³-hybridized carbons (Fsp3) is 0.167. The predicted molar refractivity (Wildman–Crippen MR) is 102 cm³/mol. The molecule has 3 N–H and O–H groups in total. The zero-order valence-electron chi connectivity index (χ0n) is 15.4. The Morgan fingerprint density at radius 1 is 1.29 bits per heavy atom. The first-order valence-electron chi connectivity index (χ1n) is 8.42. The van der Waals surface area contributed by atoms with Crippen LogP contribution in [-0.4, -0.2) is 42.9 Å². The molecule has 142 valence electrons. The fourth-order valence-electron chi connectivity index (χ4n) is 3.01. The van der Waals surface area contributed by atoms with Crippen molar-refractivity contribution in [3.63, 3.8) is 0 Å². The highest BCUT2D eigenvalue weighted by Crippen LogP contribution is 2.29. The molecule has 0 aliphatic carbocycles. The lowest BCUT2D eigenvalue weighted by molar-refractivity contribution is 0.0600. The Kier molecular flexibility index (Phi) is 4.15. The van der Waals surface area contributed by atoms with Crippen molar-refractivity contribution >= 4 is 23.0 Å². The summed E-state index contributed by atoms with van der Waals surface area (Å²) in [7, 11) is 1.34. The van der Waals surface area contributed by atoms with Crippen LogP contribution in [0.4, 0.5) is 11.5 Å². The lowest BCUT2D eigenvalue weighted by atomic mass is 10.1. The van der Waals surface area contributed by atoms with Crippen molar-refractivity contribution in [2.45, 2.75) is 13.8 Å². The maximum Gasteiger partial charge on any atom is 0.340 e. The second-order valence-corrected chi connectivity index (χ2v) is 6.24. The maximum absolute atomic E-state index is 12.0. The average Bonchev–Trinajstić information content (AvgIpc) is 3.27. The van der Waals surface area contributed by atoms with E-state index in [1.807, 2.05) is 32.0 Å². The summed E-state index contributed by atoms with van der Waals surface area (Å²) in [4.78, 5) is 30.3. The van der Waals surface area contributed by atoms with Crippen LogP contribution in [-0.2, 0) is 4.74 Å². The highest BCUT2D eigenvalue weighted by Gasteiger charge is 2.18. The van der Waals surface area contributed by atoms with Gasteiger partial charge in [0, 0.05) is 17.4 Å². The minimum Gasteiger partial charge on any atom is -0.465 e. The number of hydrogen-bond donors (Lipinski definition) is 3. The number of aryl methyl sites for hydroxylation is 2. The summed E-state index contributed by atoms with van der Waals surface area (Å²) in [6.07, 6.45) is 3.02. The smallest absolute Gasteiger partial charge is 0.340 e. The lowest BCUT2D eigenvalue weighted by Gasteiger charge is -2.11. The molecule has 0 atom stereocenters. The molecule has 1 aromatic carbocycles. The number of methoxy groups -OCH3 is 1. The fourth-order valence-corrected chi connectivity index (χ4v) is 3.01. The van der Waals surface area contributed by atoms with Gasteiger partial charge in [-0.15, -0.1) is 0 Å². The molecule has 4 aromatic rings. The van der Waals surface area contributed by atoms with E-state index in [0.717, 1.165) is 16.8 Å². The number of carbonyl (C=O) groups excluding carboxylic acids is 1. The number of rotatable bonds is 4. The number of aromatic nitrogens is 6. The van der Waals surface area contributed by atoms with Gasteiger partial charge in [-0.3, -0.25) is 4.98 Å². The molecule has 0 unspecified atom stereocenters. The van der Waals surface area contributed by atoms with Crippen molar-refractivity contribution in [3.8, 4) is 11.4 Å². The van der Waals surface area contributed by atoms with Gasteiger partial charge in [0.25, 0.3) is 0 Å². The molecule has 28 heavy (non-hydrogen) atoms. The van der Waals surface area contributed by atoms with Crippen molar-refractivity contribution in [1.82, 2.24) is 29.8 Å². The van der Waals surface area contributed by atoms with Crippen molar-refractivity contribution in [1.29, 1.82) is 0 Å². The van der Waals surface area contributed by atoms with Gasteiger partial charge >= 0.3 is 11.7 Å². The standard InChI is InChI=1S/C18H17N7O3/c1-9-4-5-11(15-22-18(27)24-23-15)6-13(9)21-16-14-10(2)12(17(26)28-3)7-25(14)20-8-19-16/h4-8H,1-3H3,(H,19,20,21)(H2,22,23,24,27). The second kappa shape index (κ2) is 6.65. The van der Waals surface area contributed by atoms with Gasteiger partial charge in [-0.05, 0) is 31.0 Å². The highest BCUT2D eigenvalue weighted by molar-refractivity contribution is 5.95. The van der Waals surface area contributed by atoms with E-state index >= 15 is 0 Å². The molecular formula is C18H17N7O3. The molecular weight excluding hydrogens is 362 g/mol. The topological polar surface area (TPSA) is 130 Å². The minimum atomic E-state index is -0.436. The van der Waals surface area contributed by atoms with Crippen molar-refractivity contribution in [3.05, 3.63) is 57.9 Å². The van der Waals surface area contributed by atoms with Gasteiger partial charge in [0.15, 0.2) is 11.6 Å². The number of nitrogens with zero attached hydrogens (tertiary/aromatic N) is 4. The number of benzene rings is 1. The van der Waals surface area contributed by atoms with Gasteiger partial charge in [0.2, 0.25) is 0 Å². The highest BCUT2D eigenvalue weighted by atomic mass is 16.5. The molecule has 0 spiro atoms. The minimum absolute atomic E-state index is 0.373.